The third-order valence-corrected chi connectivity index (χ3v) is 3.37. The zero-order valence-corrected chi connectivity index (χ0v) is 11.0. The molecule has 0 aliphatic carbocycles. The first-order valence-corrected chi connectivity index (χ1v) is 5.79. The molecule has 1 aromatic carbocycles. The first-order valence-electron chi connectivity index (χ1n) is 3.95. The summed E-state index contributed by atoms with van der Waals surface area (Å²) in [5.41, 5.74) is 6.28. The number of hydrogen-bond donors (Lipinski definition) is 1. The summed E-state index contributed by atoms with van der Waals surface area (Å²) < 4.78 is 6.01. The van der Waals surface area contributed by atoms with Gasteiger partial charge in [0, 0.05) is 14.2 Å². The lowest BCUT2D eigenvalue weighted by molar-refractivity contribution is 0.435. The molecule has 2 aromatic rings. The van der Waals surface area contributed by atoms with E-state index in [1.54, 1.807) is 12.1 Å². The Hall–Kier alpha value is -0.460. The third-order valence-electron chi connectivity index (χ3n) is 1.83. The summed E-state index contributed by atoms with van der Waals surface area (Å²) in [6.45, 7) is 0. The van der Waals surface area contributed by atoms with Crippen LogP contribution in [-0.4, -0.2) is 5.16 Å². The fourth-order valence-corrected chi connectivity index (χ4v) is 2.05. The van der Waals surface area contributed by atoms with Crippen molar-refractivity contribution in [2.75, 3.05) is 5.73 Å². The second-order valence-corrected chi connectivity index (χ2v) is 4.81. The molecule has 3 nitrogen and oxygen atoms in total. The van der Waals surface area contributed by atoms with Gasteiger partial charge in [0.2, 0.25) is 0 Å². The molecule has 0 aliphatic rings. The Morgan fingerprint density at radius 1 is 1.33 bits per heavy atom. The van der Waals surface area contributed by atoms with E-state index in [1.807, 2.05) is 6.07 Å². The van der Waals surface area contributed by atoms with Gasteiger partial charge in [0.25, 0.3) is 0 Å². The summed E-state index contributed by atoms with van der Waals surface area (Å²) in [7, 11) is 0. The molecule has 1 aromatic heterocycles. The monoisotopic (exact) mass is 354 g/mol. The Morgan fingerprint density at radius 3 is 2.67 bits per heavy atom. The average Bonchev–Trinajstić information content (AvgIpc) is 2.52. The Morgan fingerprint density at radius 2 is 2.07 bits per heavy atom. The Bertz CT molecular complexity index is 513. The molecule has 0 aliphatic heterocycles. The van der Waals surface area contributed by atoms with Crippen LogP contribution in [0.5, 0.6) is 0 Å². The van der Waals surface area contributed by atoms with Crippen molar-refractivity contribution >= 4 is 51.6 Å². The molecule has 0 amide bonds. The van der Waals surface area contributed by atoms with E-state index in [0.29, 0.717) is 15.8 Å². The lowest BCUT2D eigenvalue weighted by Crippen LogP contribution is -1.84. The molecule has 0 saturated carbocycles. The highest BCUT2D eigenvalue weighted by Gasteiger charge is 2.16. The highest BCUT2D eigenvalue weighted by atomic mass is 127. The molecule has 15 heavy (non-hydrogen) atoms. The number of anilines is 1. The van der Waals surface area contributed by atoms with Gasteiger partial charge in [-0.25, -0.2) is 0 Å². The SMILES string of the molecule is Nc1noc(-c2cc(Cl)ccc2I)c1Cl. The van der Waals surface area contributed by atoms with Crippen LogP contribution in [0.1, 0.15) is 0 Å². The number of aromatic nitrogens is 1. The third kappa shape index (κ3) is 2.07. The van der Waals surface area contributed by atoms with Crippen LogP contribution < -0.4 is 5.73 Å². The first-order chi connectivity index (χ1) is 7.09. The summed E-state index contributed by atoms with van der Waals surface area (Å²) in [6, 6.07) is 5.42. The number of nitrogens with two attached hydrogens (primary N) is 1. The number of rotatable bonds is 1. The minimum absolute atomic E-state index is 0.183. The van der Waals surface area contributed by atoms with E-state index in [4.69, 9.17) is 33.5 Å². The van der Waals surface area contributed by atoms with Crippen molar-refractivity contribution < 1.29 is 4.52 Å². The van der Waals surface area contributed by atoms with Crippen molar-refractivity contribution in [1.82, 2.24) is 5.16 Å². The summed E-state index contributed by atoms with van der Waals surface area (Å²) >= 11 is 14.0. The standard InChI is InChI=1S/C9H5Cl2IN2O/c10-4-1-2-6(12)5(3-4)8-7(11)9(13)14-15-8/h1-3H,(H2,13,14). The van der Waals surface area contributed by atoms with Gasteiger partial charge in [-0.2, -0.15) is 0 Å². The fraction of sp³-hybridized carbons (Fsp3) is 0. The zero-order chi connectivity index (χ0) is 11.0. The van der Waals surface area contributed by atoms with Crippen molar-refractivity contribution in [3.8, 4) is 11.3 Å². The van der Waals surface area contributed by atoms with Crippen LogP contribution in [0.25, 0.3) is 11.3 Å². The van der Waals surface area contributed by atoms with Crippen LogP contribution in [0, 0.1) is 3.57 Å². The summed E-state index contributed by atoms with van der Waals surface area (Å²) in [5.74, 6) is 0.628. The minimum atomic E-state index is 0.183. The highest BCUT2D eigenvalue weighted by Crippen LogP contribution is 2.35. The number of hydrogen-bond acceptors (Lipinski definition) is 3. The van der Waals surface area contributed by atoms with Gasteiger partial charge in [0.05, 0.1) is 0 Å². The van der Waals surface area contributed by atoms with Gasteiger partial charge in [0.1, 0.15) is 5.02 Å². The van der Waals surface area contributed by atoms with Crippen molar-refractivity contribution in [3.63, 3.8) is 0 Å². The van der Waals surface area contributed by atoms with E-state index in [0.717, 1.165) is 9.13 Å². The first kappa shape index (κ1) is 11.0. The second kappa shape index (κ2) is 4.19. The Balaban J connectivity index is 2.63. The maximum Gasteiger partial charge on any atom is 0.188 e. The lowest BCUT2D eigenvalue weighted by atomic mass is 10.2. The van der Waals surface area contributed by atoms with Crippen LogP contribution in [0.15, 0.2) is 22.7 Å². The fourth-order valence-electron chi connectivity index (χ4n) is 1.13. The van der Waals surface area contributed by atoms with Crippen molar-refractivity contribution in [2.24, 2.45) is 0 Å². The maximum atomic E-state index is 5.94. The molecule has 0 radical (unpaired) electrons. The van der Waals surface area contributed by atoms with Gasteiger partial charge in [0.15, 0.2) is 11.6 Å². The van der Waals surface area contributed by atoms with E-state index in [-0.39, 0.29) is 5.82 Å². The summed E-state index contributed by atoms with van der Waals surface area (Å²) in [6.07, 6.45) is 0. The molecule has 0 fully saturated rings. The van der Waals surface area contributed by atoms with E-state index < -0.39 is 0 Å². The van der Waals surface area contributed by atoms with Gasteiger partial charge < -0.3 is 10.3 Å². The van der Waals surface area contributed by atoms with Crippen LogP contribution in [-0.2, 0) is 0 Å². The molecule has 6 heteroatoms. The van der Waals surface area contributed by atoms with Crippen LogP contribution >= 0.6 is 45.8 Å². The smallest absolute Gasteiger partial charge is 0.188 e. The van der Waals surface area contributed by atoms with Crippen molar-refractivity contribution in [2.45, 2.75) is 0 Å². The lowest BCUT2D eigenvalue weighted by Gasteiger charge is -2.00. The predicted octanol–water partition coefficient (Wildman–Crippen LogP) is 3.84. The van der Waals surface area contributed by atoms with E-state index >= 15 is 0 Å². The maximum absolute atomic E-state index is 5.94. The molecule has 2 N–H and O–H groups in total. The van der Waals surface area contributed by atoms with Gasteiger partial charge in [-0.15, -0.1) is 0 Å². The Kier molecular flexibility index (Phi) is 3.08. The van der Waals surface area contributed by atoms with Gasteiger partial charge in [-0.1, -0.05) is 28.4 Å². The summed E-state index contributed by atoms with van der Waals surface area (Å²) in [4.78, 5) is 0. The highest BCUT2D eigenvalue weighted by molar-refractivity contribution is 14.1. The molecule has 78 valence electrons. The van der Waals surface area contributed by atoms with E-state index in [1.165, 1.54) is 0 Å². The number of nitrogen functional groups attached to an aromatic ring is 1. The average molecular weight is 355 g/mol. The quantitative estimate of drug-likeness (QED) is 0.791. The summed E-state index contributed by atoms with van der Waals surface area (Å²) in [5, 5.41) is 4.51. The zero-order valence-electron chi connectivity index (χ0n) is 7.30. The Labute approximate surface area is 110 Å². The number of nitrogens with zero attached hydrogens (tertiary/aromatic N) is 1. The predicted molar refractivity (Wildman–Crippen MR) is 69.1 cm³/mol. The minimum Gasteiger partial charge on any atom is -0.380 e. The number of benzene rings is 1. The molecule has 0 spiro atoms. The topological polar surface area (TPSA) is 52.0 Å². The van der Waals surface area contributed by atoms with Gasteiger partial charge in [-0.05, 0) is 40.8 Å². The van der Waals surface area contributed by atoms with Gasteiger partial charge >= 0.3 is 0 Å². The van der Waals surface area contributed by atoms with Gasteiger partial charge in [-0.3, -0.25) is 0 Å². The molecule has 0 saturated heterocycles. The molecule has 0 atom stereocenters. The molecule has 0 bridgehead atoms. The van der Waals surface area contributed by atoms with Crippen molar-refractivity contribution in [3.05, 3.63) is 31.8 Å². The molecular weight excluding hydrogens is 350 g/mol. The van der Waals surface area contributed by atoms with E-state index in [2.05, 4.69) is 27.7 Å². The largest absolute Gasteiger partial charge is 0.380 e. The van der Waals surface area contributed by atoms with Crippen LogP contribution in [0.2, 0.25) is 10.0 Å². The normalized spacial score (nSPS) is 10.6. The van der Waals surface area contributed by atoms with Crippen LogP contribution in [0.4, 0.5) is 5.82 Å². The molecule has 0 unspecified atom stereocenters. The molecule has 2 rings (SSSR count). The second-order valence-electron chi connectivity index (χ2n) is 2.84. The van der Waals surface area contributed by atoms with E-state index in [9.17, 15) is 0 Å². The molecule has 1 heterocycles. The van der Waals surface area contributed by atoms with Crippen molar-refractivity contribution in [1.29, 1.82) is 0 Å². The molecular formula is C9H5Cl2IN2O. The number of halogens is 3. The van der Waals surface area contributed by atoms with Crippen LogP contribution in [0.3, 0.4) is 0 Å².